The molecule has 0 fully saturated rings. The minimum Gasteiger partial charge on any atom is -0.207 e. The number of halogens is 2. The van der Waals surface area contributed by atoms with Crippen LogP contribution in [-0.2, 0) is 0 Å². The third kappa shape index (κ3) is 4.70. The van der Waals surface area contributed by atoms with Gasteiger partial charge in [0.2, 0.25) is 0 Å². The molecule has 0 aliphatic rings. The lowest BCUT2D eigenvalue weighted by Crippen LogP contribution is -1.97. The summed E-state index contributed by atoms with van der Waals surface area (Å²) in [5, 5.41) is 4.34. The zero-order valence-electron chi connectivity index (χ0n) is 18.3. The van der Waals surface area contributed by atoms with Crippen molar-refractivity contribution >= 4 is 21.5 Å². The molecular weight excluding hydrogens is 374 g/mol. The van der Waals surface area contributed by atoms with Gasteiger partial charge >= 0.3 is 0 Å². The Hall–Kier alpha value is -2.74. The van der Waals surface area contributed by atoms with E-state index in [9.17, 15) is 8.78 Å². The summed E-state index contributed by atoms with van der Waals surface area (Å²) >= 11 is 0. The lowest BCUT2D eigenvalue weighted by molar-refractivity contribution is 0.588. The Morgan fingerprint density at radius 3 is 1.93 bits per heavy atom. The Bertz CT molecular complexity index is 1130. The number of benzene rings is 4. The molecule has 0 heterocycles. The van der Waals surface area contributed by atoms with Crippen LogP contribution in [0.25, 0.3) is 21.5 Å². The van der Waals surface area contributed by atoms with Crippen LogP contribution in [0.15, 0.2) is 72.8 Å². The molecule has 2 unspecified atom stereocenters. The fraction of sp³-hybridized carbons (Fsp3) is 0.286. The molecule has 0 saturated carbocycles. The van der Waals surface area contributed by atoms with Crippen LogP contribution in [0.4, 0.5) is 8.78 Å². The molecule has 156 valence electrons. The van der Waals surface area contributed by atoms with E-state index in [1.165, 1.54) is 5.39 Å². The average molecular weight is 405 g/mol. The van der Waals surface area contributed by atoms with Gasteiger partial charge in [0, 0.05) is 0 Å². The van der Waals surface area contributed by atoms with Crippen LogP contribution in [0.5, 0.6) is 0 Å². The second-order valence-electron chi connectivity index (χ2n) is 8.02. The largest absolute Gasteiger partial charge is 0.207 e. The fourth-order valence-corrected chi connectivity index (χ4v) is 3.90. The minimum atomic E-state index is -0.135. The molecule has 0 spiro atoms. The molecule has 4 aromatic rings. The quantitative estimate of drug-likeness (QED) is 0.318. The Morgan fingerprint density at radius 2 is 1.27 bits per heavy atom. The lowest BCUT2D eigenvalue weighted by Gasteiger charge is -2.13. The molecule has 30 heavy (non-hydrogen) atoms. The summed E-state index contributed by atoms with van der Waals surface area (Å²) in [5.74, 6) is 0.466. The van der Waals surface area contributed by atoms with E-state index >= 15 is 0 Å². The molecule has 0 N–H and O–H groups in total. The summed E-state index contributed by atoms with van der Waals surface area (Å²) in [4.78, 5) is 0. The maximum absolute atomic E-state index is 13.8. The van der Waals surface area contributed by atoms with Gasteiger partial charge in [-0.2, -0.15) is 0 Å². The Balaban J connectivity index is 0.000000171. The van der Waals surface area contributed by atoms with Crippen molar-refractivity contribution in [3.05, 3.63) is 95.6 Å². The van der Waals surface area contributed by atoms with Crippen molar-refractivity contribution in [3.8, 4) is 0 Å². The normalized spacial score (nSPS) is 13.0. The maximum Gasteiger partial charge on any atom is 0.127 e. The fourth-order valence-electron chi connectivity index (χ4n) is 3.90. The van der Waals surface area contributed by atoms with Crippen LogP contribution >= 0.6 is 0 Å². The predicted octanol–water partition coefficient (Wildman–Crippen LogP) is 8.98. The van der Waals surface area contributed by atoms with Crippen molar-refractivity contribution < 1.29 is 8.78 Å². The lowest BCUT2D eigenvalue weighted by atomic mass is 9.92. The predicted molar refractivity (Wildman–Crippen MR) is 125 cm³/mol. The van der Waals surface area contributed by atoms with Crippen molar-refractivity contribution in [3.63, 3.8) is 0 Å². The van der Waals surface area contributed by atoms with Crippen LogP contribution in [0.1, 0.15) is 63.5 Å². The average Bonchev–Trinajstić information content (AvgIpc) is 2.77. The first-order chi connectivity index (χ1) is 14.5. The maximum atomic E-state index is 13.8. The highest BCUT2D eigenvalue weighted by atomic mass is 19.1. The first-order valence-electron chi connectivity index (χ1n) is 10.8. The topological polar surface area (TPSA) is 0 Å². The smallest absolute Gasteiger partial charge is 0.127 e. The van der Waals surface area contributed by atoms with E-state index in [0.717, 1.165) is 40.1 Å². The Morgan fingerprint density at radius 1 is 0.667 bits per heavy atom. The van der Waals surface area contributed by atoms with Gasteiger partial charge in [-0.15, -0.1) is 0 Å². The summed E-state index contributed by atoms with van der Waals surface area (Å²) < 4.78 is 27.2. The van der Waals surface area contributed by atoms with Crippen LogP contribution in [0.2, 0.25) is 0 Å². The molecule has 2 atom stereocenters. The number of fused-ring (bicyclic) bond motifs is 2. The van der Waals surface area contributed by atoms with Gasteiger partial charge in [0.25, 0.3) is 0 Å². The highest BCUT2D eigenvalue weighted by Crippen LogP contribution is 2.30. The highest BCUT2D eigenvalue weighted by molar-refractivity contribution is 5.87. The number of hydrogen-bond acceptors (Lipinski definition) is 0. The van der Waals surface area contributed by atoms with Crippen LogP contribution in [-0.4, -0.2) is 0 Å². The van der Waals surface area contributed by atoms with Gasteiger partial charge in [0.05, 0.1) is 0 Å². The molecule has 2 heteroatoms. The molecule has 0 bridgehead atoms. The summed E-state index contributed by atoms with van der Waals surface area (Å²) in [7, 11) is 0. The first kappa shape index (κ1) is 22.0. The molecule has 0 aliphatic heterocycles. The van der Waals surface area contributed by atoms with Gasteiger partial charge in [-0.1, -0.05) is 82.3 Å². The third-order valence-electron chi connectivity index (χ3n) is 6.02. The Kier molecular flexibility index (Phi) is 7.20. The summed E-state index contributed by atoms with van der Waals surface area (Å²) in [6.45, 7) is 8.43. The monoisotopic (exact) mass is 404 g/mol. The van der Waals surface area contributed by atoms with Crippen LogP contribution in [0, 0.1) is 11.6 Å². The minimum absolute atomic E-state index is 0.0805. The van der Waals surface area contributed by atoms with E-state index in [1.54, 1.807) is 18.2 Å². The molecule has 4 aromatic carbocycles. The van der Waals surface area contributed by atoms with Crippen LogP contribution in [0.3, 0.4) is 0 Å². The van der Waals surface area contributed by atoms with Crippen LogP contribution < -0.4 is 0 Å². The van der Waals surface area contributed by atoms with E-state index in [0.29, 0.717) is 5.92 Å². The van der Waals surface area contributed by atoms with E-state index in [-0.39, 0.29) is 17.6 Å². The molecular formula is C28H30F2. The van der Waals surface area contributed by atoms with Crippen molar-refractivity contribution in [1.82, 2.24) is 0 Å². The van der Waals surface area contributed by atoms with E-state index in [2.05, 4.69) is 33.8 Å². The van der Waals surface area contributed by atoms with Gasteiger partial charge in [-0.3, -0.25) is 0 Å². The van der Waals surface area contributed by atoms with Gasteiger partial charge < -0.3 is 0 Å². The van der Waals surface area contributed by atoms with E-state index < -0.39 is 0 Å². The number of rotatable bonds is 4. The van der Waals surface area contributed by atoms with Gasteiger partial charge in [0.15, 0.2) is 0 Å². The Labute approximate surface area is 178 Å². The standard InChI is InChI=1S/2C14H15F/c1-3-10(2)14-9-12(15)8-11-6-4-5-7-13(11)14;1-3-10(2)14-12-7-5-4-6-11(12)8-9-13(14)15/h2*4-10H,3H2,1-2H3. The summed E-state index contributed by atoms with van der Waals surface area (Å²) in [5.41, 5.74) is 1.98. The molecule has 4 rings (SSSR count). The molecule has 0 amide bonds. The van der Waals surface area contributed by atoms with Crippen molar-refractivity contribution in [2.75, 3.05) is 0 Å². The molecule has 0 nitrogen and oxygen atoms in total. The van der Waals surface area contributed by atoms with Crippen molar-refractivity contribution in [2.45, 2.75) is 52.4 Å². The molecule has 0 saturated heterocycles. The SMILES string of the molecule is CCC(C)c1c(F)ccc2ccccc12.CCC(C)c1cc(F)cc2ccccc12. The second-order valence-corrected chi connectivity index (χ2v) is 8.02. The zero-order valence-corrected chi connectivity index (χ0v) is 18.3. The number of hydrogen-bond donors (Lipinski definition) is 0. The molecule has 0 aliphatic carbocycles. The zero-order chi connectivity index (χ0) is 21.7. The van der Waals surface area contributed by atoms with Crippen molar-refractivity contribution in [2.24, 2.45) is 0 Å². The van der Waals surface area contributed by atoms with E-state index in [1.807, 2.05) is 48.5 Å². The second kappa shape index (κ2) is 9.84. The van der Waals surface area contributed by atoms with Gasteiger partial charge in [-0.05, 0) is 75.5 Å². The van der Waals surface area contributed by atoms with Gasteiger partial charge in [-0.25, -0.2) is 8.78 Å². The first-order valence-corrected chi connectivity index (χ1v) is 10.8. The summed E-state index contributed by atoms with van der Waals surface area (Å²) in [6, 6.07) is 22.6. The highest BCUT2D eigenvalue weighted by Gasteiger charge is 2.12. The summed E-state index contributed by atoms with van der Waals surface area (Å²) in [6.07, 6.45) is 2.00. The molecule has 0 radical (unpaired) electrons. The third-order valence-corrected chi connectivity index (χ3v) is 6.02. The van der Waals surface area contributed by atoms with Gasteiger partial charge in [0.1, 0.15) is 11.6 Å². The molecule has 0 aromatic heterocycles. The van der Waals surface area contributed by atoms with Crippen molar-refractivity contribution in [1.29, 1.82) is 0 Å². The van der Waals surface area contributed by atoms with E-state index in [4.69, 9.17) is 0 Å².